The lowest BCUT2D eigenvalue weighted by Crippen LogP contribution is -2.02. The summed E-state index contributed by atoms with van der Waals surface area (Å²) in [6.07, 6.45) is 4.19. The van der Waals surface area contributed by atoms with Crippen molar-refractivity contribution in [3.8, 4) is 17.2 Å². The number of ether oxygens (including phenoxy) is 3. The Bertz CT molecular complexity index is 672. The molecular weight excluding hydrogens is 298 g/mol. The van der Waals surface area contributed by atoms with Gasteiger partial charge in [-0.2, -0.15) is 0 Å². The fourth-order valence-electron chi connectivity index (χ4n) is 1.94. The van der Waals surface area contributed by atoms with Crippen molar-refractivity contribution in [1.82, 2.24) is 4.98 Å². The van der Waals surface area contributed by atoms with Gasteiger partial charge in [-0.25, -0.2) is 4.79 Å². The summed E-state index contributed by atoms with van der Waals surface area (Å²) in [5, 5.41) is 8.71. The number of aromatic nitrogens is 1. The van der Waals surface area contributed by atoms with Gasteiger partial charge in [-0.3, -0.25) is 4.98 Å². The lowest BCUT2D eigenvalue weighted by atomic mass is 10.1. The zero-order valence-corrected chi connectivity index (χ0v) is 12.9. The van der Waals surface area contributed by atoms with Crippen molar-refractivity contribution in [2.45, 2.75) is 6.61 Å². The number of carboxylic acids is 1. The Labute approximate surface area is 134 Å². The van der Waals surface area contributed by atoms with Crippen LogP contribution in [0.1, 0.15) is 11.3 Å². The van der Waals surface area contributed by atoms with E-state index in [0.29, 0.717) is 22.8 Å². The van der Waals surface area contributed by atoms with Crippen molar-refractivity contribution in [1.29, 1.82) is 0 Å². The molecule has 6 heteroatoms. The molecule has 0 aliphatic carbocycles. The molecule has 0 aliphatic rings. The molecule has 0 bridgehead atoms. The van der Waals surface area contributed by atoms with E-state index in [-0.39, 0.29) is 6.61 Å². The van der Waals surface area contributed by atoms with Crippen LogP contribution in [0.3, 0.4) is 0 Å². The van der Waals surface area contributed by atoms with Gasteiger partial charge in [0.2, 0.25) is 5.75 Å². The van der Waals surface area contributed by atoms with E-state index in [0.717, 1.165) is 11.8 Å². The van der Waals surface area contributed by atoms with E-state index in [9.17, 15) is 4.79 Å². The van der Waals surface area contributed by atoms with Crippen LogP contribution in [-0.2, 0) is 11.4 Å². The summed E-state index contributed by atoms with van der Waals surface area (Å²) in [5.74, 6) is 0.308. The second-order valence-electron chi connectivity index (χ2n) is 4.54. The molecule has 1 aromatic carbocycles. The average Bonchev–Trinajstić information content (AvgIpc) is 2.58. The Kier molecular flexibility index (Phi) is 5.57. The Morgan fingerprint density at radius 3 is 2.43 bits per heavy atom. The molecule has 0 fully saturated rings. The predicted molar refractivity (Wildman–Crippen MR) is 84.8 cm³/mol. The van der Waals surface area contributed by atoms with Gasteiger partial charge in [0.05, 0.1) is 19.9 Å². The normalized spacial score (nSPS) is 10.5. The van der Waals surface area contributed by atoms with Crippen LogP contribution in [-0.4, -0.2) is 30.3 Å². The molecule has 23 heavy (non-hydrogen) atoms. The standard InChI is InChI=1S/C17H17NO5/c1-21-14-9-12(6-7-16(19)20)10-15(22-2)17(14)23-11-13-5-3-4-8-18-13/h3-10H,11H2,1-2H3,(H,19,20)/b7-6+. The van der Waals surface area contributed by atoms with Gasteiger partial charge in [-0.05, 0) is 35.9 Å². The van der Waals surface area contributed by atoms with Crippen molar-refractivity contribution < 1.29 is 24.1 Å². The first-order chi connectivity index (χ1) is 11.1. The monoisotopic (exact) mass is 315 g/mol. The van der Waals surface area contributed by atoms with Gasteiger partial charge in [0, 0.05) is 12.3 Å². The van der Waals surface area contributed by atoms with Crippen LogP contribution >= 0.6 is 0 Å². The van der Waals surface area contributed by atoms with Crippen molar-refractivity contribution in [2.24, 2.45) is 0 Å². The number of methoxy groups -OCH3 is 2. The van der Waals surface area contributed by atoms with Crippen LogP contribution in [0.4, 0.5) is 0 Å². The van der Waals surface area contributed by atoms with Crippen molar-refractivity contribution >= 4 is 12.0 Å². The van der Waals surface area contributed by atoms with Gasteiger partial charge in [-0.15, -0.1) is 0 Å². The van der Waals surface area contributed by atoms with Gasteiger partial charge in [0.1, 0.15) is 6.61 Å². The first-order valence-electron chi connectivity index (χ1n) is 6.83. The zero-order valence-electron chi connectivity index (χ0n) is 12.9. The highest BCUT2D eigenvalue weighted by Gasteiger charge is 2.14. The Balaban J connectivity index is 2.28. The number of carbonyl (C=O) groups is 1. The average molecular weight is 315 g/mol. The third kappa shape index (κ3) is 4.47. The van der Waals surface area contributed by atoms with E-state index < -0.39 is 5.97 Å². The Morgan fingerprint density at radius 1 is 1.22 bits per heavy atom. The highest BCUT2D eigenvalue weighted by atomic mass is 16.5. The summed E-state index contributed by atoms with van der Waals surface area (Å²) in [7, 11) is 3.01. The van der Waals surface area contributed by atoms with E-state index in [1.807, 2.05) is 18.2 Å². The van der Waals surface area contributed by atoms with E-state index in [4.69, 9.17) is 19.3 Å². The molecule has 6 nitrogen and oxygen atoms in total. The third-order valence-electron chi connectivity index (χ3n) is 2.99. The fraction of sp³-hybridized carbons (Fsp3) is 0.176. The first-order valence-corrected chi connectivity index (χ1v) is 6.83. The molecule has 2 rings (SSSR count). The summed E-state index contributed by atoms with van der Waals surface area (Å²) in [4.78, 5) is 14.8. The molecule has 0 spiro atoms. The van der Waals surface area contributed by atoms with Crippen LogP contribution < -0.4 is 14.2 Å². The SMILES string of the molecule is COc1cc(/C=C/C(=O)O)cc(OC)c1OCc1ccccn1. The zero-order chi connectivity index (χ0) is 16.7. The molecule has 0 aliphatic heterocycles. The third-order valence-corrected chi connectivity index (χ3v) is 2.99. The molecular formula is C17H17NO5. The number of rotatable bonds is 7. The quantitative estimate of drug-likeness (QED) is 0.792. The molecule has 1 aromatic heterocycles. The van der Waals surface area contributed by atoms with Gasteiger partial charge in [-0.1, -0.05) is 6.07 Å². The number of benzene rings is 1. The Morgan fingerprint density at radius 2 is 1.91 bits per heavy atom. The van der Waals surface area contributed by atoms with E-state index in [1.54, 1.807) is 18.3 Å². The molecule has 0 radical (unpaired) electrons. The van der Waals surface area contributed by atoms with E-state index >= 15 is 0 Å². The molecule has 1 N–H and O–H groups in total. The summed E-state index contributed by atoms with van der Waals surface area (Å²) in [6, 6.07) is 8.91. The maximum atomic E-state index is 10.6. The molecule has 2 aromatic rings. The largest absolute Gasteiger partial charge is 0.493 e. The minimum atomic E-state index is -1.03. The number of pyridine rings is 1. The number of carboxylic acid groups (broad SMARTS) is 1. The van der Waals surface area contributed by atoms with Crippen LogP contribution in [0, 0.1) is 0 Å². The highest BCUT2D eigenvalue weighted by Crippen LogP contribution is 2.39. The van der Waals surface area contributed by atoms with Crippen molar-refractivity contribution in [3.05, 3.63) is 53.9 Å². The minimum Gasteiger partial charge on any atom is -0.493 e. The van der Waals surface area contributed by atoms with Crippen LogP contribution in [0.25, 0.3) is 6.08 Å². The summed E-state index contributed by atoms with van der Waals surface area (Å²) >= 11 is 0. The lowest BCUT2D eigenvalue weighted by molar-refractivity contribution is -0.131. The maximum absolute atomic E-state index is 10.6. The summed E-state index contributed by atoms with van der Waals surface area (Å²) < 4.78 is 16.4. The summed E-state index contributed by atoms with van der Waals surface area (Å²) in [6.45, 7) is 0.262. The smallest absolute Gasteiger partial charge is 0.328 e. The highest BCUT2D eigenvalue weighted by molar-refractivity contribution is 5.85. The van der Waals surface area contributed by atoms with E-state index in [1.165, 1.54) is 20.3 Å². The fourth-order valence-corrected chi connectivity index (χ4v) is 1.94. The van der Waals surface area contributed by atoms with Crippen LogP contribution in [0.2, 0.25) is 0 Å². The summed E-state index contributed by atoms with van der Waals surface area (Å²) in [5.41, 5.74) is 1.40. The molecule has 0 unspecified atom stereocenters. The Hall–Kier alpha value is -3.02. The maximum Gasteiger partial charge on any atom is 0.328 e. The minimum absolute atomic E-state index is 0.262. The second kappa shape index (κ2) is 7.84. The molecule has 0 atom stereocenters. The second-order valence-corrected chi connectivity index (χ2v) is 4.54. The van der Waals surface area contributed by atoms with Crippen molar-refractivity contribution in [3.63, 3.8) is 0 Å². The van der Waals surface area contributed by atoms with E-state index in [2.05, 4.69) is 4.98 Å². The molecule has 0 saturated carbocycles. The topological polar surface area (TPSA) is 77.9 Å². The predicted octanol–water partition coefficient (Wildman–Crippen LogP) is 2.78. The molecule has 1 heterocycles. The number of hydrogen-bond acceptors (Lipinski definition) is 5. The number of hydrogen-bond donors (Lipinski definition) is 1. The molecule has 0 saturated heterocycles. The number of aliphatic carboxylic acids is 1. The number of nitrogens with zero attached hydrogens (tertiary/aromatic N) is 1. The van der Waals surface area contributed by atoms with Gasteiger partial charge in [0.15, 0.2) is 11.5 Å². The van der Waals surface area contributed by atoms with Crippen LogP contribution in [0.5, 0.6) is 17.2 Å². The van der Waals surface area contributed by atoms with Gasteiger partial charge < -0.3 is 19.3 Å². The van der Waals surface area contributed by atoms with Crippen LogP contribution in [0.15, 0.2) is 42.6 Å². The molecule has 120 valence electrons. The molecule has 0 amide bonds. The first kappa shape index (κ1) is 16.4. The van der Waals surface area contributed by atoms with Gasteiger partial charge in [0.25, 0.3) is 0 Å². The van der Waals surface area contributed by atoms with Crippen molar-refractivity contribution in [2.75, 3.05) is 14.2 Å². The van der Waals surface area contributed by atoms with Gasteiger partial charge >= 0.3 is 5.97 Å². The lowest BCUT2D eigenvalue weighted by Gasteiger charge is -2.15.